The van der Waals surface area contributed by atoms with E-state index in [1.54, 1.807) is 0 Å². The van der Waals surface area contributed by atoms with Crippen LogP contribution in [0.25, 0.3) is 0 Å². The minimum atomic E-state index is -1.27. The number of phenolic OH excluding ortho intramolecular Hbond substituents is 1. The van der Waals surface area contributed by atoms with Crippen LogP contribution in [-0.4, -0.2) is 50.8 Å². The Labute approximate surface area is 90.8 Å². The van der Waals surface area contributed by atoms with Gasteiger partial charge in [0, 0.05) is 29.6 Å². The predicted octanol–water partition coefficient (Wildman–Crippen LogP) is 0.415. The number of hydrogen-bond acceptors (Lipinski definition) is 3. The molecule has 0 aliphatic heterocycles. The van der Waals surface area contributed by atoms with E-state index >= 15 is 0 Å². The molecule has 59 valence electrons. The average molecular weight is 177 g/mol. The number of hydrogen-bond donors (Lipinski definition) is 3. The first kappa shape index (κ1) is 11.3. The molecule has 0 fully saturated rings. The van der Waals surface area contributed by atoms with Crippen LogP contribution in [0.3, 0.4) is 0 Å². The van der Waals surface area contributed by atoms with Crippen LogP contribution in [0, 0.1) is 0 Å². The molecule has 0 bridgehead atoms. The van der Waals surface area contributed by atoms with Crippen molar-refractivity contribution >= 4 is 35.5 Å². The molecule has 1 rings (SSSR count). The fourth-order valence-corrected chi connectivity index (χ4v) is 0.695. The maximum absolute atomic E-state index is 10.3. The van der Waals surface area contributed by atoms with Crippen LogP contribution in [0.1, 0.15) is 10.4 Å². The molecule has 0 heterocycles. The fraction of sp³-hybridized carbons (Fsp3) is 0. The molecule has 4 nitrogen and oxygen atoms in total. The van der Waals surface area contributed by atoms with Gasteiger partial charge in [-0.2, -0.15) is 0 Å². The Morgan fingerprint density at radius 1 is 1.25 bits per heavy atom. The van der Waals surface area contributed by atoms with Crippen LogP contribution in [0.2, 0.25) is 0 Å². The van der Waals surface area contributed by atoms with Crippen molar-refractivity contribution in [3.05, 3.63) is 23.8 Å². The zero-order valence-electron chi connectivity index (χ0n) is 6.48. The van der Waals surface area contributed by atoms with Gasteiger partial charge in [-0.15, -0.1) is 0 Å². The van der Waals surface area contributed by atoms with Gasteiger partial charge in [0.25, 0.3) is 0 Å². The summed E-state index contributed by atoms with van der Waals surface area (Å²) in [6.07, 6.45) is 0. The number of carboxylic acid groups (broad SMARTS) is 1. The van der Waals surface area contributed by atoms with E-state index < -0.39 is 5.97 Å². The van der Waals surface area contributed by atoms with Crippen molar-refractivity contribution < 1.29 is 20.1 Å². The second kappa shape index (κ2) is 4.35. The zero-order chi connectivity index (χ0) is 8.43. The van der Waals surface area contributed by atoms with Gasteiger partial charge in [-0.05, 0) is 18.2 Å². The summed E-state index contributed by atoms with van der Waals surface area (Å²) in [4.78, 5) is 10.3. The van der Waals surface area contributed by atoms with Gasteiger partial charge >= 0.3 is 5.97 Å². The molecule has 0 atom stereocenters. The minimum absolute atomic E-state index is 0. The largest absolute Gasteiger partial charge is 0.508 e. The number of benzene rings is 1. The summed E-state index contributed by atoms with van der Waals surface area (Å²) in [5.74, 6) is -1.80. The summed E-state index contributed by atoms with van der Waals surface area (Å²) in [5, 5.41) is 26.1. The van der Waals surface area contributed by atoms with Gasteiger partial charge in [0.1, 0.15) is 17.1 Å². The molecule has 0 aliphatic rings. The standard InChI is InChI=1S/C7H6O4.Na/c8-4-1-2-6(9)5(3-4)7(10)11;/h1-3,8-9H,(H,10,11);. The zero-order valence-corrected chi connectivity index (χ0v) is 8.48. The van der Waals surface area contributed by atoms with Crippen LogP contribution in [0.15, 0.2) is 18.2 Å². The Kier molecular flexibility index (Phi) is 4.09. The fourth-order valence-electron chi connectivity index (χ4n) is 0.695. The molecule has 0 amide bonds. The minimum Gasteiger partial charge on any atom is -0.508 e. The molecule has 0 aromatic heterocycles. The number of carbonyl (C=O) groups is 1. The second-order valence-corrected chi connectivity index (χ2v) is 2.01. The van der Waals surface area contributed by atoms with Gasteiger partial charge < -0.3 is 15.3 Å². The molecule has 5 heteroatoms. The summed E-state index contributed by atoms with van der Waals surface area (Å²) >= 11 is 0. The Balaban J connectivity index is 0.00000121. The summed E-state index contributed by atoms with van der Waals surface area (Å²) < 4.78 is 0. The van der Waals surface area contributed by atoms with Crippen LogP contribution in [0.4, 0.5) is 0 Å². The SMILES string of the molecule is O=C(O)c1cc(O)ccc1O.[Na]. The first-order valence-corrected chi connectivity index (χ1v) is 2.86. The molecule has 0 spiro atoms. The molecule has 1 aromatic rings. The first-order valence-electron chi connectivity index (χ1n) is 2.86. The number of phenols is 2. The van der Waals surface area contributed by atoms with Gasteiger partial charge in [-0.1, -0.05) is 0 Å². The molecule has 1 aromatic carbocycles. The number of rotatable bonds is 1. The number of aromatic carboxylic acids is 1. The van der Waals surface area contributed by atoms with Crippen LogP contribution in [0.5, 0.6) is 11.5 Å². The van der Waals surface area contributed by atoms with Gasteiger partial charge in [0.05, 0.1) is 0 Å². The predicted molar refractivity (Wildman–Crippen MR) is 42.5 cm³/mol. The van der Waals surface area contributed by atoms with Crippen molar-refractivity contribution in [1.82, 2.24) is 0 Å². The molecule has 1 radical (unpaired) electrons. The Bertz CT molecular complexity index is 297. The molecular formula is C7H6NaO4. The first-order chi connectivity index (χ1) is 5.11. The van der Waals surface area contributed by atoms with E-state index in [4.69, 9.17) is 15.3 Å². The third-order valence-corrected chi connectivity index (χ3v) is 1.21. The van der Waals surface area contributed by atoms with E-state index in [1.165, 1.54) is 6.07 Å². The quantitative estimate of drug-likeness (QED) is 0.429. The van der Waals surface area contributed by atoms with E-state index in [1.807, 2.05) is 0 Å². The third-order valence-electron chi connectivity index (χ3n) is 1.21. The van der Waals surface area contributed by atoms with Gasteiger partial charge in [0.15, 0.2) is 0 Å². The molecule has 0 saturated carbocycles. The molecule has 0 unspecified atom stereocenters. The molecule has 0 aliphatic carbocycles. The topological polar surface area (TPSA) is 77.8 Å². The van der Waals surface area contributed by atoms with E-state index in [0.29, 0.717) is 0 Å². The summed E-state index contributed by atoms with van der Waals surface area (Å²) in [5.41, 5.74) is -0.301. The van der Waals surface area contributed by atoms with E-state index in [2.05, 4.69) is 0 Å². The van der Waals surface area contributed by atoms with Gasteiger partial charge in [-0.3, -0.25) is 0 Å². The van der Waals surface area contributed by atoms with Crippen molar-refractivity contribution in [1.29, 1.82) is 0 Å². The van der Waals surface area contributed by atoms with E-state index in [-0.39, 0.29) is 46.6 Å². The van der Waals surface area contributed by atoms with Crippen molar-refractivity contribution in [3.8, 4) is 11.5 Å². The average Bonchev–Trinajstić information content (AvgIpc) is 1.94. The summed E-state index contributed by atoms with van der Waals surface area (Å²) in [6.45, 7) is 0. The van der Waals surface area contributed by atoms with Gasteiger partial charge in [0.2, 0.25) is 0 Å². The monoisotopic (exact) mass is 177 g/mol. The Morgan fingerprint density at radius 2 is 1.83 bits per heavy atom. The number of carboxylic acids is 1. The summed E-state index contributed by atoms with van der Waals surface area (Å²) in [6, 6.07) is 3.32. The number of aromatic hydroxyl groups is 2. The van der Waals surface area contributed by atoms with Crippen LogP contribution in [-0.2, 0) is 0 Å². The third kappa shape index (κ3) is 2.41. The van der Waals surface area contributed by atoms with Crippen LogP contribution < -0.4 is 0 Å². The van der Waals surface area contributed by atoms with Gasteiger partial charge in [-0.25, -0.2) is 4.79 Å². The normalized spacial score (nSPS) is 8.67. The molecular weight excluding hydrogens is 171 g/mol. The van der Waals surface area contributed by atoms with Crippen molar-refractivity contribution in [2.45, 2.75) is 0 Å². The van der Waals surface area contributed by atoms with E-state index in [0.717, 1.165) is 12.1 Å². The second-order valence-electron chi connectivity index (χ2n) is 2.01. The van der Waals surface area contributed by atoms with Crippen LogP contribution >= 0.6 is 0 Å². The van der Waals surface area contributed by atoms with Crippen molar-refractivity contribution in [3.63, 3.8) is 0 Å². The van der Waals surface area contributed by atoms with Crippen molar-refractivity contribution in [2.24, 2.45) is 0 Å². The Hall–Kier alpha value is -0.710. The maximum Gasteiger partial charge on any atom is 0.339 e. The van der Waals surface area contributed by atoms with E-state index in [9.17, 15) is 4.79 Å². The maximum atomic E-state index is 10.3. The smallest absolute Gasteiger partial charge is 0.339 e. The van der Waals surface area contributed by atoms with Crippen molar-refractivity contribution in [2.75, 3.05) is 0 Å². The Morgan fingerprint density at radius 3 is 2.25 bits per heavy atom. The molecule has 0 saturated heterocycles. The molecule has 3 N–H and O–H groups in total. The summed E-state index contributed by atoms with van der Waals surface area (Å²) in [7, 11) is 0. The molecule has 12 heavy (non-hydrogen) atoms.